The van der Waals surface area contributed by atoms with E-state index in [0.717, 1.165) is 39.7 Å². The van der Waals surface area contributed by atoms with Gasteiger partial charge in [0, 0.05) is 25.7 Å². The van der Waals surface area contributed by atoms with Gasteiger partial charge in [-0.1, -0.05) is 162 Å². The Balaban J connectivity index is 1.47. The fourth-order valence-electron chi connectivity index (χ4n) is 8.17. The zero-order valence-electron chi connectivity index (χ0n) is 35.6. The molecule has 0 fully saturated rings. The molecule has 0 aromatic heterocycles. The molecule has 6 bridgehead atoms. The highest BCUT2D eigenvalue weighted by atomic mass is 31.2. The molecular weight excluding hydrogens is 708 g/mol. The van der Waals surface area contributed by atoms with E-state index in [1.54, 1.807) is 0 Å². The summed E-state index contributed by atoms with van der Waals surface area (Å²) in [4.78, 5) is 0. The maximum Gasteiger partial charge on any atom is 0.530 e. The van der Waals surface area contributed by atoms with Crippen molar-refractivity contribution in [3.8, 4) is 23.0 Å². The molecule has 3 heterocycles. The van der Waals surface area contributed by atoms with Gasteiger partial charge >= 0.3 is 8.60 Å². The van der Waals surface area contributed by atoms with Gasteiger partial charge in [0.05, 0.1) is 0 Å². The minimum Gasteiger partial charge on any atom is -0.488 e. The van der Waals surface area contributed by atoms with Crippen molar-refractivity contribution in [1.82, 2.24) is 0 Å². The summed E-state index contributed by atoms with van der Waals surface area (Å²) in [5.74, 6) is 3.59. The van der Waals surface area contributed by atoms with Crippen LogP contribution in [0, 0.1) is 0 Å². The van der Waals surface area contributed by atoms with Crippen molar-refractivity contribution in [2.24, 2.45) is 0 Å². The predicted molar refractivity (Wildman–Crippen MR) is 231 cm³/mol. The average Bonchev–Trinajstić information content (AvgIpc) is 3.07. The third-order valence-corrected chi connectivity index (χ3v) is 12.7. The molecule has 4 nitrogen and oxygen atoms in total. The largest absolute Gasteiger partial charge is 0.530 e. The van der Waals surface area contributed by atoms with E-state index in [9.17, 15) is 0 Å². The molecule has 0 unspecified atom stereocenters. The molecular formula is C51H59O4P. The highest BCUT2D eigenvalue weighted by Crippen LogP contribution is 2.55. The Bertz CT molecular complexity index is 2200. The standard InChI is InChI=1S/C51H59O4P/c1-48(2,3)40-22-32-18-34-24-41(49(4,5)6)26-36-20-38-28-43(51(10,11)12)29-39-21-37-27-42(50(7,8)9)25-35(46(37)54-56(53-45(34)36)55-47(38)39)19-33(23-40)44(32)52-30-31-16-14-13-15-17-31/h13-17,22-29H,18-21,30H2,1-12H3. The number of hydrogen-bond acceptors (Lipinski definition) is 4. The van der Waals surface area contributed by atoms with Crippen molar-refractivity contribution in [3.05, 3.63) is 151 Å². The molecule has 0 N–H and O–H groups in total. The van der Waals surface area contributed by atoms with Crippen molar-refractivity contribution in [1.29, 1.82) is 0 Å². The second-order valence-corrected chi connectivity index (χ2v) is 21.5. The zero-order valence-corrected chi connectivity index (χ0v) is 36.5. The van der Waals surface area contributed by atoms with Gasteiger partial charge in [0.25, 0.3) is 0 Å². The zero-order chi connectivity index (χ0) is 39.9. The molecule has 0 spiro atoms. The summed E-state index contributed by atoms with van der Waals surface area (Å²) < 4.78 is 28.4. The number of benzene rings is 5. The summed E-state index contributed by atoms with van der Waals surface area (Å²) in [7, 11) is -1.85. The molecule has 5 aromatic rings. The summed E-state index contributed by atoms with van der Waals surface area (Å²) in [6.45, 7) is 28.2. The lowest BCUT2D eigenvalue weighted by molar-refractivity contribution is 0.300. The van der Waals surface area contributed by atoms with Crippen LogP contribution in [0.25, 0.3) is 0 Å². The molecule has 8 rings (SSSR count). The highest BCUT2D eigenvalue weighted by molar-refractivity contribution is 7.43. The Morgan fingerprint density at radius 1 is 0.429 bits per heavy atom. The van der Waals surface area contributed by atoms with Crippen LogP contribution < -0.4 is 18.3 Å². The molecule has 0 radical (unpaired) electrons. The van der Waals surface area contributed by atoms with Gasteiger partial charge in [-0.2, -0.15) is 0 Å². The first kappa shape index (κ1) is 38.6. The van der Waals surface area contributed by atoms with Crippen LogP contribution >= 0.6 is 8.60 Å². The van der Waals surface area contributed by atoms with Crippen molar-refractivity contribution >= 4 is 8.60 Å². The van der Waals surface area contributed by atoms with E-state index < -0.39 is 8.60 Å². The number of fused-ring (bicyclic) bond motifs is 2. The van der Waals surface area contributed by atoms with E-state index in [4.69, 9.17) is 18.3 Å². The molecule has 5 aromatic carbocycles. The van der Waals surface area contributed by atoms with E-state index >= 15 is 0 Å². The summed E-state index contributed by atoms with van der Waals surface area (Å²) in [6, 6.07) is 29.5. The van der Waals surface area contributed by atoms with E-state index in [0.29, 0.717) is 32.3 Å². The Hall–Kier alpha value is -4.27. The second kappa shape index (κ2) is 13.7. The van der Waals surface area contributed by atoms with Gasteiger partial charge in [-0.05, 0) is 94.0 Å². The Labute approximate surface area is 337 Å². The topological polar surface area (TPSA) is 36.9 Å². The minimum absolute atomic E-state index is 0.0407. The summed E-state index contributed by atoms with van der Waals surface area (Å²) in [5.41, 5.74) is 15.4. The van der Waals surface area contributed by atoms with E-state index in [1.165, 1.54) is 55.6 Å². The molecule has 5 heteroatoms. The lowest BCUT2D eigenvalue weighted by atomic mass is 9.79. The van der Waals surface area contributed by atoms with Crippen molar-refractivity contribution in [2.75, 3.05) is 0 Å². The van der Waals surface area contributed by atoms with Crippen molar-refractivity contribution in [2.45, 2.75) is 137 Å². The fourth-order valence-corrected chi connectivity index (χ4v) is 9.43. The van der Waals surface area contributed by atoms with Crippen LogP contribution in [0.3, 0.4) is 0 Å². The molecule has 0 saturated heterocycles. The third-order valence-electron chi connectivity index (χ3n) is 11.7. The quantitative estimate of drug-likeness (QED) is 0.168. The van der Waals surface area contributed by atoms with Crippen LogP contribution in [0.15, 0.2) is 78.9 Å². The first-order valence-corrected chi connectivity index (χ1v) is 21.5. The SMILES string of the molecule is CC(C)(C)c1cc2c(OCc3ccccc3)c(c1)Cc1cc(C(C)(C)C)cc3c1OP1Oc4c(cc(C(C)(C)C)cc4Cc4cc(C(C)(C)C)cc(c4O1)C3)C2. The summed E-state index contributed by atoms with van der Waals surface area (Å²) >= 11 is 0. The highest BCUT2D eigenvalue weighted by Gasteiger charge is 2.36. The van der Waals surface area contributed by atoms with E-state index in [2.05, 4.69) is 162 Å². The molecule has 3 aliphatic rings. The van der Waals surface area contributed by atoms with Crippen LogP contribution in [0.2, 0.25) is 0 Å². The van der Waals surface area contributed by atoms with Gasteiger partial charge in [0.15, 0.2) is 0 Å². The van der Waals surface area contributed by atoms with Gasteiger partial charge in [0.2, 0.25) is 0 Å². The maximum atomic E-state index is 7.17. The molecule has 56 heavy (non-hydrogen) atoms. The predicted octanol–water partition coefficient (Wildman–Crippen LogP) is 13.5. The normalized spacial score (nSPS) is 15.3. The van der Waals surface area contributed by atoms with Gasteiger partial charge in [-0.3, -0.25) is 0 Å². The van der Waals surface area contributed by atoms with Gasteiger partial charge < -0.3 is 18.3 Å². The fraction of sp³-hybridized carbons (Fsp3) is 0.412. The van der Waals surface area contributed by atoms with E-state index in [1.807, 2.05) is 0 Å². The average molecular weight is 767 g/mol. The lowest BCUT2D eigenvalue weighted by Crippen LogP contribution is -2.20. The first-order chi connectivity index (χ1) is 26.2. The molecule has 292 valence electrons. The smallest absolute Gasteiger partial charge is 0.488 e. The van der Waals surface area contributed by atoms with Crippen molar-refractivity contribution in [3.63, 3.8) is 0 Å². The summed E-state index contributed by atoms with van der Waals surface area (Å²) in [6.07, 6.45) is 2.70. The van der Waals surface area contributed by atoms with Crippen LogP contribution in [0.5, 0.6) is 23.0 Å². The maximum absolute atomic E-state index is 7.17. The van der Waals surface area contributed by atoms with Crippen LogP contribution in [0.4, 0.5) is 0 Å². The Morgan fingerprint density at radius 2 is 0.714 bits per heavy atom. The second-order valence-electron chi connectivity index (χ2n) is 20.5. The minimum atomic E-state index is -1.85. The van der Waals surface area contributed by atoms with Crippen LogP contribution in [-0.2, 0) is 54.0 Å². The molecule has 3 aliphatic heterocycles. The van der Waals surface area contributed by atoms with Crippen LogP contribution in [-0.4, -0.2) is 0 Å². The molecule has 0 saturated carbocycles. The van der Waals surface area contributed by atoms with Gasteiger partial charge in [-0.15, -0.1) is 0 Å². The van der Waals surface area contributed by atoms with Gasteiger partial charge in [-0.25, -0.2) is 0 Å². The number of ether oxygens (including phenoxy) is 1. The Kier molecular flexibility index (Phi) is 9.44. The third kappa shape index (κ3) is 7.59. The number of rotatable bonds is 3. The molecule has 0 aliphatic carbocycles. The molecule has 0 atom stereocenters. The summed E-state index contributed by atoms with van der Waals surface area (Å²) in [5, 5.41) is 0. The van der Waals surface area contributed by atoms with Crippen molar-refractivity contribution < 1.29 is 18.3 Å². The van der Waals surface area contributed by atoms with Gasteiger partial charge in [0.1, 0.15) is 29.6 Å². The lowest BCUT2D eigenvalue weighted by Gasteiger charge is -2.34. The van der Waals surface area contributed by atoms with E-state index in [-0.39, 0.29) is 21.7 Å². The first-order valence-electron chi connectivity index (χ1n) is 20.4. The van der Waals surface area contributed by atoms with Crippen LogP contribution in [0.1, 0.15) is 155 Å². The monoisotopic (exact) mass is 766 g/mol. The Morgan fingerprint density at radius 3 is 1.02 bits per heavy atom. The number of hydrogen-bond donors (Lipinski definition) is 0. The molecule has 0 amide bonds.